The van der Waals surface area contributed by atoms with E-state index in [4.69, 9.17) is 0 Å². The molecular weight excluding hydrogens is 118 g/mol. The molecule has 1 aliphatic heterocycles. The lowest BCUT2D eigenvalue weighted by Gasteiger charge is -2.03. The quantitative estimate of drug-likeness (QED) is 0.464. The molecule has 1 fully saturated rings. The van der Waals surface area contributed by atoms with E-state index in [0.717, 1.165) is 19.4 Å². The third-order valence-corrected chi connectivity index (χ3v) is 1.46. The second-order valence-electron chi connectivity index (χ2n) is 2.09. The van der Waals surface area contributed by atoms with Crippen molar-refractivity contribution in [3.63, 3.8) is 0 Å². The van der Waals surface area contributed by atoms with Crippen LogP contribution in [-0.2, 0) is 9.53 Å². The van der Waals surface area contributed by atoms with Crippen molar-refractivity contribution in [2.75, 3.05) is 13.7 Å². The van der Waals surface area contributed by atoms with Crippen LogP contribution < -0.4 is 5.32 Å². The standard InChI is InChI=1S/C6H10NO2/c1-9-6(8)5-3-2-4-7-5/h5H,2-4H2,1H3/t5-/m1/s1. The number of carbonyl (C=O) groups is 1. The molecule has 0 bridgehead atoms. The lowest BCUT2D eigenvalue weighted by Crippen LogP contribution is -2.26. The predicted octanol–water partition coefficient (Wildman–Crippen LogP) is -0.0738. The number of nitrogens with zero attached hydrogens (tertiary/aromatic N) is 1. The maximum Gasteiger partial charge on any atom is 0.324 e. The Morgan fingerprint density at radius 2 is 2.56 bits per heavy atom. The van der Waals surface area contributed by atoms with Crippen molar-refractivity contribution in [2.24, 2.45) is 0 Å². The molecule has 1 aliphatic rings. The number of ether oxygens (including phenoxy) is 1. The van der Waals surface area contributed by atoms with Crippen LogP contribution >= 0.6 is 0 Å². The van der Waals surface area contributed by atoms with Gasteiger partial charge in [-0.2, -0.15) is 0 Å². The molecule has 0 spiro atoms. The van der Waals surface area contributed by atoms with Gasteiger partial charge >= 0.3 is 5.97 Å². The molecule has 1 atom stereocenters. The van der Waals surface area contributed by atoms with Gasteiger partial charge in [0.1, 0.15) is 6.04 Å². The summed E-state index contributed by atoms with van der Waals surface area (Å²) in [4.78, 5) is 10.7. The Morgan fingerprint density at radius 1 is 1.78 bits per heavy atom. The summed E-state index contributed by atoms with van der Waals surface area (Å²) in [5.41, 5.74) is 0. The van der Waals surface area contributed by atoms with Crippen LogP contribution in [-0.4, -0.2) is 25.7 Å². The van der Waals surface area contributed by atoms with Crippen LogP contribution in [0.1, 0.15) is 12.8 Å². The van der Waals surface area contributed by atoms with Crippen LogP contribution in [0.5, 0.6) is 0 Å². The molecule has 0 N–H and O–H groups in total. The second-order valence-corrected chi connectivity index (χ2v) is 2.09. The highest BCUT2D eigenvalue weighted by Gasteiger charge is 2.23. The Morgan fingerprint density at radius 3 is 3.00 bits per heavy atom. The second kappa shape index (κ2) is 2.82. The van der Waals surface area contributed by atoms with Crippen molar-refractivity contribution in [3.05, 3.63) is 0 Å². The third kappa shape index (κ3) is 1.42. The number of hydrogen-bond acceptors (Lipinski definition) is 2. The molecule has 1 heterocycles. The smallest absolute Gasteiger partial charge is 0.324 e. The summed E-state index contributed by atoms with van der Waals surface area (Å²) >= 11 is 0. The van der Waals surface area contributed by atoms with E-state index in [9.17, 15) is 4.79 Å². The zero-order valence-electron chi connectivity index (χ0n) is 5.46. The highest BCUT2D eigenvalue weighted by atomic mass is 16.5. The van der Waals surface area contributed by atoms with E-state index in [0.29, 0.717) is 0 Å². The van der Waals surface area contributed by atoms with Gasteiger partial charge in [0.15, 0.2) is 0 Å². The normalized spacial score (nSPS) is 26.1. The van der Waals surface area contributed by atoms with E-state index in [1.54, 1.807) is 0 Å². The molecule has 1 saturated heterocycles. The van der Waals surface area contributed by atoms with E-state index in [1.807, 2.05) is 0 Å². The van der Waals surface area contributed by atoms with Crippen LogP contribution in [0, 0.1) is 0 Å². The van der Waals surface area contributed by atoms with Crippen LogP contribution in [0.2, 0.25) is 0 Å². The summed E-state index contributed by atoms with van der Waals surface area (Å²) in [6.07, 6.45) is 1.90. The summed E-state index contributed by atoms with van der Waals surface area (Å²) in [6.45, 7) is 0.819. The molecule has 9 heavy (non-hydrogen) atoms. The first-order valence-electron chi connectivity index (χ1n) is 3.09. The van der Waals surface area contributed by atoms with Crippen LogP contribution in [0.4, 0.5) is 0 Å². The molecule has 51 valence electrons. The molecule has 0 amide bonds. The van der Waals surface area contributed by atoms with E-state index < -0.39 is 0 Å². The minimum absolute atomic E-state index is 0.157. The van der Waals surface area contributed by atoms with E-state index in [1.165, 1.54) is 7.11 Å². The largest absolute Gasteiger partial charge is 0.468 e. The molecular formula is C6H10NO2. The fourth-order valence-corrected chi connectivity index (χ4v) is 0.951. The Bertz CT molecular complexity index is 108. The third-order valence-electron chi connectivity index (χ3n) is 1.46. The predicted molar refractivity (Wildman–Crippen MR) is 32.0 cm³/mol. The van der Waals surface area contributed by atoms with Crippen molar-refractivity contribution < 1.29 is 9.53 Å². The summed E-state index contributed by atoms with van der Waals surface area (Å²) in [5, 5.41) is 4.03. The first-order valence-corrected chi connectivity index (χ1v) is 3.09. The molecule has 1 radical (unpaired) electrons. The van der Waals surface area contributed by atoms with Crippen LogP contribution in [0.25, 0.3) is 0 Å². The molecule has 0 aromatic carbocycles. The van der Waals surface area contributed by atoms with Gasteiger partial charge in [0.2, 0.25) is 0 Å². The highest BCUT2D eigenvalue weighted by molar-refractivity contribution is 5.75. The summed E-state index contributed by atoms with van der Waals surface area (Å²) in [5.74, 6) is -0.187. The van der Waals surface area contributed by atoms with Crippen LogP contribution in [0.15, 0.2) is 0 Å². The van der Waals surface area contributed by atoms with Crippen molar-refractivity contribution >= 4 is 5.97 Å². The summed E-state index contributed by atoms with van der Waals surface area (Å²) < 4.78 is 4.50. The minimum Gasteiger partial charge on any atom is -0.468 e. The van der Waals surface area contributed by atoms with E-state index in [2.05, 4.69) is 10.1 Å². The number of hydrogen-bond donors (Lipinski definition) is 0. The van der Waals surface area contributed by atoms with E-state index in [-0.39, 0.29) is 12.0 Å². The number of carbonyl (C=O) groups excluding carboxylic acids is 1. The van der Waals surface area contributed by atoms with Gasteiger partial charge in [-0.15, -0.1) is 0 Å². The van der Waals surface area contributed by atoms with Gasteiger partial charge in [-0.05, 0) is 12.8 Å². The lowest BCUT2D eigenvalue weighted by molar-refractivity contribution is -0.142. The van der Waals surface area contributed by atoms with Crippen molar-refractivity contribution in [2.45, 2.75) is 18.9 Å². The average Bonchev–Trinajstić information content (AvgIpc) is 2.37. The van der Waals surface area contributed by atoms with Gasteiger partial charge in [-0.1, -0.05) is 0 Å². The van der Waals surface area contributed by atoms with Crippen molar-refractivity contribution in [1.29, 1.82) is 0 Å². The van der Waals surface area contributed by atoms with Gasteiger partial charge in [0, 0.05) is 6.54 Å². The molecule has 0 aliphatic carbocycles. The van der Waals surface area contributed by atoms with Crippen molar-refractivity contribution in [1.82, 2.24) is 5.32 Å². The molecule has 3 nitrogen and oxygen atoms in total. The average molecular weight is 128 g/mol. The topological polar surface area (TPSA) is 40.4 Å². The van der Waals surface area contributed by atoms with Gasteiger partial charge in [-0.3, -0.25) is 4.79 Å². The SMILES string of the molecule is COC(=O)[C@H]1CCC[N]1. The maximum absolute atomic E-state index is 10.7. The molecule has 3 heteroatoms. The number of esters is 1. The molecule has 0 aromatic rings. The Hall–Kier alpha value is -0.570. The zero-order chi connectivity index (χ0) is 6.69. The van der Waals surface area contributed by atoms with Gasteiger partial charge in [0.25, 0.3) is 0 Å². The van der Waals surface area contributed by atoms with E-state index >= 15 is 0 Å². The number of rotatable bonds is 1. The molecule has 1 rings (SSSR count). The minimum atomic E-state index is -0.187. The summed E-state index contributed by atoms with van der Waals surface area (Å²) in [7, 11) is 1.40. The van der Waals surface area contributed by atoms with Gasteiger partial charge in [0.05, 0.1) is 7.11 Å². The lowest BCUT2D eigenvalue weighted by atomic mass is 10.2. The molecule has 0 unspecified atom stereocenters. The summed E-state index contributed by atoms with van der Waals surface area (Å²) in [6, 6.07) is -0.157. The maximum atomic E-state index is 10.7. The first-order chi connectivity index (χ1) is 4.34. The van der Waals surface area contributed by atoms with Gasteiger partial charge < -0.3 is 4.74 Å². The van der Waals surface area contributed by atoms with Gasteiger partial charge in [-0.25, -0.2) is 5.32 Å². The monoisotopic (exact) mass is 128 g/mol. The first kappa shape index (κ1) is 6.55. The Kier molecular flexibility index (Phi) is 2.05. The highest BCUT2D eigenvalue weighted by Crippen LogP contribution is 2.07. The molecule has 0 saturated carbocycles. The Labute approximate surface area is 54.4 Å². The zero-order valence-corrected chi connectivity index (χ0v) is 5.46. The fourth-order valence-electron chi connectivity index (χ4n) is 0.951. The van der Waals surface area contributed by atoms with Crippen LogP contribution in [0.3, 0.4) is 0 Å². The fraction of sp³-hybridized carbons (Fsp3) is 0.833. The Balaban J connectivity index is 2.32. The van der Waals surface area contributed by atoms with Crippen molar-refractivity contribution in [3.8, 4) is 0 Å². The molecule has 0 aromatic heterocycles. The number of methoxy groups -OCH3 is 1.